The number of benzene rings is 2. The fourth-order valence-corrected chi connectivity index (χ4v) is 4.89. The molecule has 0 spiro atoms. The molecular formula is C21H23N3O2S. The van der Waals surface area contributed by atoms with Gasteiger partial charge in [0.15, 0.2) is 0 Å². The van der Waals surface area contributed by atoms with E-state index in [2.05, 4.69) is 21.5 Å². The van der Waals surface area contributed by atoms with Crippen molar-refractivity contribution in [1.29, 1.82) is 0 Å². The second kappa shape index (κ2) is 7.29. The van der Waals surface area contributed by atoms with Gasteiger partial charge >= 0.3 is 0 Å². The van der Waals surface area contributed by atoms with Crippen LogP contribution in [0.2, 0.25) is 0 Å². The topological polar surface area (TPSA) is 62.3 Å². The van der Waals surface area contributed by atoms with Gasteiger partial charge in [0, 0.05) is 41.9 Å². The molecule has 0 saturated heterocycles. The molecule has 1 N–H and O–H groups in total. The Hall–Kier alpha value is -2.44. The van der Waals surface area contributed by atoms with Gasteiger partial charge in [0.1, 0.15) is 0 Å². The molecule has 1 aromatic heterocycles. The van der Waals surface area contributed by atoms with E-state index < -0.39 is 10.0 Å². The highest BCUT2D eigenvalue weighted by Crippen LogP contribution is 2.28. The molecule has 0 radical (unpaired) electrons. The molecule has 27 heavy (non-hydrogen) atoms. The molecule has 1 aliphatic rings. The molecule has 6 heteroatoms. The van der Waals surface area contributed by atoms with E-state index >= 15 is 0 Å². The summed E-state index contributed by atoms with van der Waals surface area (Å²) in [6, 6.07) is 12.8. The minimum atomic E-state index is -3.68. The molecule has 140 valence electrons. The van der Waals surface area contributed by atoms with Crippen molar-refractivity contribution in [2.75, 3.05) is 11.3 Å². The lowest BCUT2D eigenvalue weighted by Crippen LogP contribution is -2.17. The van der Waals surface area contributed by atoms with Gasteiger partial charge in [0.25, 0.3) is 10.0 Å². The maximum atomic E-state index is 13.0. The SMILES string of the molecule is CCCCN1Cc2ccc(NS(=O)(=O)c3cccc4cnccc34)cc2C1. The predicted molar refractivity (Wildman–Crippen MR) is 108 cm³/mol. The first-order chi connectivity index (χ1) is 13.1. The molecule has 0 atom stereocenters. The lowest BCUT2D eigenvalue weighted by atomic mass is 10.1. The summed E-state index contributed by atoms with van der Waals surface area (Å²) in [5.74, 6) is 0. The number of hydrogen-bond acceptors (Lipinski definition) is 4. The van der Waals surface area contributed by atoms with Crippen molar-refractivity contribution in [1.82, 2.24) is 9.88 Å². The van der Waals surface area contributed by atoms with Gasteiger partial charge < -0.3 is 0 Å². The number of aromatic nitrogens is 1. The van der Waals surface area contributed by atoms with E-state index in [1.54, 1.807) is 30.6 Å². The van der Waals surface area contributed by atoms with Crippen LogP contribution in [-0.2, 0) is 23.1 Å². The average Bonchev–Trinajstić information content (AvgIpc) is 3.07. The van der Waals surface area contributed by atoms with Crippen LogP contribution in [0.25, 0.3) is 10.8 Å². The van der Waals surface area contributed by atoms with Crippen LogP contribution in [0, 0.1) is 0 Å². The lowest BCUT2D eigenvalue weighted by molar-refractivity contribution is 0.279. The summed E-state index contributed by atoms with van der Waals surface area (Å²) in [6.45, 7) is 5.10. The summed E-state index contributed by atoms with van der Waals surface area (Å²) in [7, 11) is -3.68. The Morgan fingerprint density at radius 2 is 1.96 bits per heavy atom. The predicted octanol–water partition coefficient (Wildman–Crippen LogP) is 4.15. The number of unbranched alkanes of at least 4 members (excludes halogenated alkanes) is 1. The number of rotatable bonds is 6. The summed E-state index contributed by atoms with van der Waals surface area (Å²) in [4.78, 5) is 6.75. The molecule has 1 aliphatic heterocycles. The zero-order chi connectivity index (χ0) is 18.9. The first-order valence-corrected chi connectivity index (χ1v) is 10.7. The Balaban J connectivity index is 1.59. The van der Waals surface area contributed by atoms with Crippen molar-refractivity contribution in [3.63, 3.8) is 0 Å². The Labute approximate surface area is 160 Å². The molecule has 5 nitrogen and oxygen atoms in total. The fourth-order valence-electron chi connectivity index (χ4n) is 3.61. The Morgan fingerprint density at radius 1 is 1.11 bits per heavy atom. The second-order valence-corrected chi connectivity index (χ2v) is 8.66. The van der Waals surface area contributed by atoms with E-state index in [1.165, 1.54) is 24.0 Å². The highest BCUT2D eigenvalue weighted by atomic mass is 32.2. The Kier molecular flexibility index (Phi) is 4.85. The van der Waals surface area contributed by atoms with Crippen LogP contribution in [-0.4, -0.2) is 24.8 Å². The van der Waals surface area contributed by atoms with Gasteiger partial charge in [-0.2, -0.15) is 0 Å². The van der Waals surface area contributed by atoms with Gasteiger partial charge in [0.2, 0.25) is 0 Å². The summed E-state index contributed by atoms with van der Waals surface area (Å²) in [5, 5.41) is 1.48. The maximum Gasteiger partial charge on any atom is 0.262 e. The van der Waals surface area contributed by atoms with Crippen molar-refractivity contribution in [2.24, 2.45) is 0 Å². The maximum absolute atomic E-state index is 13.0. The minimum absolute atomic E-state index is 0.271. The van der Waals surface area contributed by atoms with Gasteiger partial charge in [0.05, 0.1) is 4.90 Å². The average molecular weight is 382 g/mol. The largest absolute Gasteiger partial charge is 0.295 e. The van der Waals surface area contributed by atoms with Crippen molar-refractivity contribution < 1.29 is 8.42 Å². The van der Waals surface area contributed by atoms with E-state index in [4.69, 9.17) is 0 Å². The Bertz CT molecular complexity index is 1070. The minimum Gasteiger partial charge on any atom is -0.295 e. The second-order valence-electron chi connectivity index (χ2n) is 7.01. The number of sulfonamides is 1. The van der Waals surface area contributed by atoms with Crippen LogP contribution >= 0.6 is 0 Å². The summed E-state index contributed by atoms with van der Waals surface area (Å²) >= 11 is 0. The van der Waals surface area contributed by atoms with Gasteiger partial charge in [-0.05, 0) is 48.4 Å². The third kappa shape index (κ3) is 3.68. The van der Waals surface area contributed by atoms with Gasteiger partial charge in [-0.1, -0.05) is 31.5 Å². The fraction of sp³-hybridized carbons (Fsp3) is 0.286. The van der Waals surface area contributed by atoms with Crippen LogP contribution in [0.4, 0.5) is 5.69 Å². The first-order valence-electron chi connectivity index (χ1n) is 9.26. The summed E-state index contributed by atoms with van der Waals surface area (Å²) < 4.78 is 28.7. The quantitative estimate of drug-likeness (QED) is 0.697. The van der Waals surface area contributed by atoms with E-state index in [0.717, 1.165) is 25.0 Å². The molecular weight excluding hydrogens is 358 g/mol. The van der Waals surface area contributed by atoms with Crippen LogP contribution in [0.1, 0.15) is 30.9 Å². The van der Waals surface area contributed by atoms with Crippen molar-refractivity contribution in [3.05, 3.63) is 66.0 Å². The van der Waals surface area contributed by atoms with Gasteiger partial charge in [-0.25, -0.2) is 8.42 Å². The molecule has 4 rings (SSSR count). The van der Waals surface area contributed by atoms with Gasteiger partial charge in [-0.15, -0.1) is 0 Å². The standard InChI is InChI=1S/C21H23N3O2S/c1-2-3-11-24-14-17-7-8-19(12-18(17)15-24)23-27(25,26)21-6-4-5-16-13-22-10-9-20(16)21/h4-10,12-13,23H,2-3,11,14-15H2,1H3. The van der Waals surface area contributed by atoms with Crippen molar-refractivity contribution >= 4 is 26.5 Å². The third-order valence-electron chi connectivity index (χ3n) is 5.00. The molecule has 0 fully saturated rings. The number of fused-ring (bicyclic) bond motifs is 2. The number of nitrogens with one attached hydrogen (secondary N) is 1. The zero-order valence-corrected chi connectivity index (χ0v) is 16.2. The molecule has 0 amide bonds. The van der Waals surface area contributed by atoms with Crippen LogP contribution in [0.3, 0.4) is 0 Å². The molecule has 0 bridgehead atoms. The van der Waals surface area contributed by atoms with E-state index in [9.17, 15) is 8.42 Å². The molecule has 2 aromatic carbocycles. The van der Waals surface area contributed by atoms with Crippen molar-refractivity contribution in [2.45, 2.75) is 37.8 Å². The number of nitrogens with zero attached hydrogens (tertiary/aromatic N) is 2. The molecule has 2 heterocycles. The normalized spacial score (nSPS) is 14.4. The van der Waals surface area contributed by atoms with Crippen molar-refractivity contribution in [3.8, 4) is 0 Å². The highest BCUT2D eigenvalue weighted by Gasteiger charge is 2.21. The number of pyridine rings is 1. The third-order valence-corrected chi connectivity index (χ3v) is 6.44. The smallest absolute Gasteiger partial charge is 0.262 e. The van der Waals surface area contributed by atoms with Gasteiger partial charge in [-0.3, -0.25) is 14.6 Å². The van der Waals surface area contributed by atoms with Crippen LogP contribution in [0.5, 0.6) is 0 Å². The highest BCUT2D eigenvalue weighted by molar-refractivity contribution is 7.93. The summed E-state index contributed by atoms with van der Waals surface area (Å²) in [5.41, 5.74) is 3.09. The molecule has 0 unspecified atom stereocenters. The Morgan fingerprint density at radius 3 is 2.81 bits per heavy atom. The van der Waals surface area contributed by atoms with Crippen LogP contribution in [0.15, 0.2) is 59.8 Å². The first kappa shape index (κ1) is 17.9. The summed E-state index contributed by atoms with van der Waals surface area (Å²) in [6.07, 6.45) is 5.65. The zero-order valence-electron chi connectivity index (χ0n) is 15.4. The number of hydrogen-bond donors (Lipinski definition) is 1. The van der Waals surface area contributed by atoms with E-state index in [-0.39, 0.29) is 4.90 Å². The van der Waals surface area contributed by atoms with E-state index in [1.807, 2.05) is 24.3 Å². The molecule has 0 aliphatic carbocycles. The molecule has 0 saturated carbocycles. The molecule has 3 aromatic rings. The monoisotopic (exact) mass is 381 g/mol. The van der Waals surface area contributed by atoms with E-state index in [0.29, 0.717) is 11.1 Å². The van der Waals surface area contributed by atoms with Crippen LogP contribution < -0.4 is 4.72 Å². The number of anilines is 1. The lowest BCUT2D eigenvalue weighted by Gasteiger charge is -2.13.